The van der Waals surface area contributed by atoms with Gasteiger partial charge in [-0.25, -0.2) is 15.0 Å². The van der Waals surface area contributed by atoms with E-state index in [9.17, 15) is 5.26 Å². The van der Waals surface area contributed by atoms with Crippen LogP contribution in [0, 0.1) is 29.1 Å². The fourth-order valence-electron chi connectivity index (χ4n) is 11.6. The summed E-state index contributed by atoms with van der Waals surface area (Å²) in [7, 11) is 0. The fourth-order valence-corrected chi connectivity index (χ4v) is 11.6. The zero-order valence-electron chi connectivity index (χ0n) is 33.9. The number of aromatic nitrogens is 4. The molecule has 0 radical (unpaired) electrons. The van der Waals surface area contributed by atoms with Crippen LogP contribution in [0.3, 0.4) is 0 Å². The molecule has 9 aromatic rings. The number of benzene rings is 7. The molecule has 7 aromatic carbocycles. The maximum absolute atomic E-state index is 9.90. The number of fused-ring (bicyclic) bond motifs is 3. The van der Waals surface area contributed by atoms with Gasteiger partial charge in [-0.2, -0.15) is 5.26 Å². The third kappa shape index (κ3) is 6.17. The summed E-state index contributed by atoms with van der Waals surface area (Å²) < 4.78 is 2.41. The van der Waals surface area contributed by atoms with Crippen LogP contribution in [0.5, 0.6) is 0 Å². The molecule has 5 heteroatoms. The van der Waals surface area contributed by atoms with Crippen molar-refractivity contribution in [2.45, 2.75) is 43.9 Å². The first-order valence-electron chi connectivity index (χ1n) is 21.7. The highest BCUT2D eigenvalue weighted by molar-refractivity contribution is 6.12. The molecule has 0 amide bonds. The molecule has 292 valence electrons. The lowest BCUT2D eigenvalue weighted by Gasteiger charge is -2.56. The average molecular weight is 786 g/mol. The molecule has 5 nitrogen and oxygen atoms in total. The summed E-state index contributed by atoms with van der Waals surface area (Å²) in [5.41, 5.74) is 12.5. The molecule has 0 spiro atoms. The topological polar surface area (TPSA) is 67.4 Å². The van der Waals surface area contributed by atoms with Gasteiger partial charge in [-0.15, -0.1) is 0 Å². The summed E-state index contributed by atoms with van der Waals surface area (Å²) in [4.78, 5) is 16.5. The Morgan fingerprint density at radius 3 is 1.52 bits per heavy atom. The molecule has 4 bridgehead atoms. The molecule has 0 unspecified atom stereocenters. The van der Waals surface area contributed by atoms with Gasteiger partial charge in [0.25, 0.3) is 0 Å². The summed E-state index contributed by atoms with van der Waals surface area (Å²) >= 11 is 0. The first-order valence-corrected chi connectivity index (χ1v) is 21.7. The van der Waals surface area contributed by atoms with Crippen LogP contribution in [0.1, 0.15) is 49.9 Å². The van der Waals surface area contributed by atoms with Gasteiger partial charge in [-0.05, 0) is 138 Å². The van der Waals surface area contributed by atoms with Gasteiger partial charge in [0, 0.05) is 27.3 Å². The molecule has 0 aliphatic heterocycles. The quantitative estimate of drug-likeness (QED) is 0.161. The highest BCUT2D eigenvalue weighted by atomic mass is 15.1. The van der Waals surface area contributed by atoms with Gasteiger partial charge in [-0.1, -0.05) is 121 Å². The van der Waals surface area contributed by atoms with Gasteiger partial charge < -0.3 is 4.57 Å². The van der Waals surface area contributed by atoms with Crippen LogP contribution in [-0.4, -0.2) is 19.5 Å². The summed E-state index contributed by atoms with van der Waals surface area (Å²) in [5.74, 6) is 4.61. The Kier molecular flexibility index (Phi) is 8.35. The molecule has 4 fully saturated rings. The molecule has 2 aromatic heterocycles. The van der Waals surface area contributed by atoms with Crippen molar-refractivity contribution in [3.05, 3.63) is 181 Å². The Morgan fingerprint density at radius 2 is 0.951 bits per heavy atom. The molecule has 61 heavy (non-hydrogen) atoms. The predicted molar refractivity (Wildman–Crippen MR) is 246 cm³/mol. The molecular formula is C56H43N5. The van der Waals surface area contributed by atoms with E-state index in [1.807, 2.05) is 18.2 Å². The zero-order chi connectivity index (χ0) is 40.5. The van der Waals surface area contributed by atoms with E-state index in [1.165, 1.54) is 52.3 Å². The van der Waals surface area contributed by atoms with E-state index in [4.69, 9.17) is 15.0 Å². The molecule has 4 saturated carbocycles. The molecule has 0 atom stereocenters. The number of nitriles is 1. The van der Waals surface area contributed by atoms with Crippen LogP contribution in [0.25, 0.3) is 83.6 Å². The summed E-state index contributed by atoms with van der Waals surface area (Å²) in [6, 6.07) is 62.3. The Labute approximate surface area is 356 Å². The first kappa shape index (κ1) is 35.8. The number of hydrogen-bond acceptors (Lipinski definition) is 4. The first-order chi connectivity index (χ1) is 30.1. The second kappa shape index (κ2) is 14.2. The van der Waals surface area contributed by atoms with Gasteiger partial charge >= 0.3 is 0 Å². The lowest BCUT2D eigenvalue weighted by Crippen LogP contribution is -2.49. The molecule has 0 N–H and O–H groups in total. The van der Waals surface area contributed by atoms with E-state index in [0.29, 0.717) is 11.4 Å². The van der Waals surface area contributed by atoms with Crippen molar-refractivity contribution in [3.8, 4) is 67.9 Å². The van der Waals surface area contributed by atoms with E-state index in [-0.39, 0.29) is 5.41 Å². The van der Waals surface area contributed by atoms with Gasteiger partial charge in [0.05, 0.1) is 28.4 Å². The minimum Gasteiger partial charge on any atom is -0.308 e. The van der Waals surface area contributed by atoms with Crippen molar-refractivity contribution in [3.63, 3.8) is 0 Å². The number of hydrogen-bond donors (Lipinski definition) is 0. The fraction of sp³-hybridized carbons (Fsp3) is 0.179. The van der Waals surface area contributed by atoms with Crippen LogP contribution < -0.4 is 0 Å². The van der Waals surface area contributed by atoms with E-state index >= 15 is 0 Å². The van der Waals surface area contributed by atoms with Gasteiger partial charge in [0.15, 0.2) is 11.6 Å². The lowest BCUT2D eigenvalue weighted by molar-refractivity contribution is -0.00938. The average Bonchev–Trinajstić information content (AvgIpc) is 3.64. The minimum atomic E-state index is -0.0383. The Morgan fingerprint density at radius 1 is 0.459 bits per heavy atom. The second-order valence-electron chi connectivity index (χ2n) is 17.8. The van der Waals surface area contributed by atoms with Gasteiger partial charge in [0.2, 0.25) is 0 Å². The van der Waals surface area contributed by atoms with E-state index in [1.54, 1.807) is 0 Å². The third-order valence-electron chi connectivity index (χ3n) is 14.0. The maximum Gasteiger partial charge on any atom is 0.165 e. The summed E-state index contributed by atoms with van der Waals surface area (Å²) in [6.07, 6.45) is 7.52. The smallest absolute Gasteiger partial charge is 0.165 e. The molecule has 4 aliphatic rings. The zero-order valence-corrected chi connectivity index (χ0v) is 33.9. The predicted octanol–water partition coefficient (Wildman–Crippen LogP) is 13.6. The summed E-state index contributed by atoms with van der Waals surface area (Å²) in [6.45, 7) is 0. The third-order valence-corrected chi connectivity index (χ3v) is 14.0. The van der Waals surface area contributed by atoms with Crippen molar-refractivity contribution in [1.82, 2.24) is 19.5 Å². The second-order valence-corrected chi connectivity index (χ2v) is 17.8. The number of rotatable bonds is 7. The van der Waals surface area contributed by atoms with Crippen LogP contribution in [0.15, 0.2) is 170 Å². The highest BCUT2D eigenvalue weighted by Crippen LogP contribution is 2.60. The standard InChI is InChI=1S/C56H43N5/c57-35-36-11-10-18-43(28-36)46-21-24-52(49(31-46)54-58-53(42-16-8-3-9-17-42)59-55(60-54)56-32-37-25-38(33-56)27-39(26-37)34-56)61-50-22-19-44(40-12-4-1-5-13-40)29-47(50)48-30-45(20-23-51(48)61)41-14-6-2-7-15-41/h1-24,28-31,37-39H,25-27,32-34H2. The van der Waals surface area contributed by atoms with Crippen LogP contribution in [-0.2, 0) is 5.41 Å². The Balaban J connectivity index is 1.13. The highest BCUT2D eigenvalue weighted by Gasteiger charge is 2.53. The largest absolute Gasteiger partial charge is 0.308 e. The van der Waals surface area contributed by atoms with Crippen molar-refractivity contribution in [2.75, 3.05) is 0 Å². The molecular weight excluding hydrogens is 743 g/mol. The van der Waals surface area contributed by atoms with Gasteiger partial charge in [0.1, 0.15) is 5.82 Å². The maximum atomic E-state index is 9.90. The monoisotopic (exact) mass is 785 g/mol. The normalized spacial score (nSPS) is 20.3. The van der Waals surface area contributed by atoms with Crippen LogP contribution in [0.2, 0.25) is 0 Å². The van der Waals surface area contributed by atoms with Crippen LogP contribution >= 0.6 is 0 Å². The van der Waals surface area contributed by atoms with Crippen molar-refractivity contribution in [2.24, 2.45) is 17.8 Å². The van der Waals surface area contributed by atoms with E-state index in [0.717, 1.165) is 87.6 Å². The Bertz CT molecular complexity index is 3050. The van der Waals surface area contributed by atoms with Crippen molar-refractivity contribution >= 4 is 21.8 Å². The molecule has 0 saturated heterocycles. The van der Waals surface area contributed by atoms with Crippen molar-refractivity contribution < 1.29 is 0 Å². The van der Waals surface area contributed by atoms with E-state index in [2.05, 4.69) is 162 Å². The van der Waals surface area contributed by atoms with Crippen molar-refractivity contribution in [1.29, 1.82) is 5.26 Å². The molecule has 2 heterocycles. The summed E-state index contributed by atoms with van der Waals surface area (Å²) in [5, 5.41) is 12.3. The Hall–Kier alpha value is -7.16. The number of nitrogens with zero attached hydrogens (tertiary/aromatic N) is 5. The van der Waals surface area contributed by atoms with Gasteiger partial charge in [-0.3, -0.25) is 0 Å². The van der Waals surface area contributed by atoms with Crippen LogP contribution in [0.4, 0.5) is 0 Å². The molecule has 4 aliphatic carbocycles. The van der Waals surface area contributed by atoms with E-state index < -0.39 is 0 Å². The lowest BCUT2D eigenvalue weighted by atomic mass is 9.49. The molecule has 13 rings (SSSR count). The minimum absolute atomic E-state index is 0.0383. The SMILES string of the molecule is N#Cc1cccc(-c2ccc(-n3c4ccc(-c5ccccc5)cc4c4cc(-c5ccccc5)ccc43)c(-c3nc(-c4ccccc4)nc(C45CC6CC(CC(C6)C4)C5)n3)c2)c1.